The summed E-state index contributed by atoms with van der Waals surface area (Å²) in [7, 11) is 0. The van der Waals surface area contributed by atoms with Crippen molar-refractivity contribution in [2.75, 3.05) is 5.32 Å². The van der Waals surface area contributed by atoms with E-state index in [1.165, 1.54) is 16.3 Å². The minimum absolute atomic E-state index is 0.0225. The molecule has 4 nitrogen and oxygen atoms in total. The molecular formula is C21H20BrN3O. The van der Waals surface area contributed by atoms with Crippen LogP contribution >= 0.6 is 15.9 Å². The second-order valence-electron chi connectivity index (χ2n) is 6.65. The molecule has 0 spiro atoms. The number of hydrazine groups is 1. The zero-order valence-corrected chi connectivity index (χ0v) is 16.0. The van der Waals surface area contributed by atoms with Crippen molar-refractivity contribution in [3.05, 3.63) is 76.3 Å². The molecule has 1 amide bonds. The van der Waals surface area contributed by atoms with Gasteiger partial charge in [0.15, 0.2) is 0 Å². The first-order valence-corrected chi connectivity index (χ1v) is 9.47. The fourth-order valence-electron chi connectivity index (χ4n) is 3.47. The summed E-state index contributed by atoms with van der Waals surface area (Å²) < 4.78 is 1.00. The topological polar surface area (TPSA) is 53.2 Å². The normalized spacial score (nSPS) is 19.6. The molecule has 3 aromatic carbocycles. The van der Waals surface area contributed by atoms with Gasteiger partial charge in [-0.25, -0.2) is 10.9 Å². The zero-order chi connectivity index (χ0) is 18.1. The zero-order valence-electron chi connectivity index (χ0n) is 14.4. The number of aryl methyl sites for hydroxylation is 1. The molecule has 5 heteroatoms. The lowest BCUT2D eigenvalue weighted by molar-refractivity contribution is -0.117. The quantitative estimate of drug-likeness (QED) is 0.598. The number of benzene rings is 3. The van der Waals surface area contributed by atoms with Gasteiger partial charge in [0.2, 0.25) is 5.91 Å². The third kappa shape index (κ3) is 3.38. The average molecular weight is 410 g/mol. The van der Waals surface area contributed by atoms with E-state index in [1.54, 1.807) is 0 Å². The molecule has 1 aliphatic rings. The molecule has 4 rings (SSSR count). The van der Waals surface area contributed by atoms with Crippen LogP contribution in [0.3, 0.4) is 0 Å². The van der Waals surface area contributed by atoms with Gasteiger partial charge in [-0.15, -0.1) is 0 Å². The Morgan fingerprint density at radius 1 is 1.08 bits per heavy atom. The number of anilines is 1. The lowest BCUT2D eigenvalue weighted by atomic mass is 9.96. The van der Waals surface area contributed by atoms with Crippen LogP contribution in [-0.2, 0) is 4.79 Å². The number of hydrogen-bond acceptors (Lipinski definition) is 3. The van der Waals surface area contributed by atoms with E-state index in [1.807, 2.05) is 31.2 Å². The number of halogens is 1. The molecule has 0 aliphatic carbocycles. The molecule has 0 radical (unpaired) electrons. The van der Waals surface area contributed by atoms with E-state index in [4.69, 9.17) is 0 Å². The highest BCUT2D eigenvalue weighted by atomic mass is 79.9. The van der Waals surface area contributed by atoms with Gasteiger partial charge < -0.3 is 5.32 Å². The summed E-state index contributed by atoms with van der Waals surface area (Å²) in [5.74, 6) is -0.0225. The van der Waals surface area contributed by atoms with Crippen molar-refractivity contribution in [1.29, 1.82) is 0 Å². The number of carbonyl (C=O) groups is 1. The predicted octanol–water partition coefficient (Wildman–Crippen LogP) is 4.46. The molecule has 0 saturated carbocycles. The molecule has 1 heterocycles. The number of carbonyl (C=O) groups excluding carboxylic acids is 1. The maximum Gasteiger partial charge on any atom is 0.242 e. The highest BCUT2D eigenvalue weighted by Crippen LogP contribution is 2.29. The molecule has 0 bridgehead atoms. The molecule has 1 saturated heterocycles. The van der Waals surface area contributed by atoms with Crippen molar-refractivity contribution in [3.63, 3.8) is 0 Å². The minimum atomic E-state index is -0.276. The number of rotatable bonds is 3. The van der Waals surface area contributed by atoms with Gasteiger partial charge in [-0.2, -0.15) is 0 Å². The number of nitrogens with one attached hydrogen (secondary N) is 3. The van der Waals surface area contributed by atoms with Crippen LogP contribution in [0.2, 0.25) is 0 Å². The molecule has 0 aromatic heterocycles. The van der Waals surface area contributed by atoms with E-state index in [9.17, 15) is 4.79 Å². The monoisotopic (exact) mass is 409 g/mol. The third-order valence-electron chi connectivity index (χ3n) is 4.86. The summed E-state index contributed by atoms with van der Waals surface area (Å²) >= 11 is 3.45. The van der Waals surface area contributed by atoms with Crippen molar-refractivity contribution in [2.45, 2.75) is 25.4 Å². The first kappa shape index (κ1) is 17.2. The SMILES string of the molecule is Cc1cc(Br)ccc1NC(=O)C1CC(c2cccc3ccccc23)NN1. The van der Waals surface area contributed by atoms with E-state index >= 15 is 0 Å². The molecule has 3 N–H and O–H groups in total. The van der Waals surface area contributed by atoms with Crippen LogP contribution in [0.4, 0.5) is 5.69 Å². The molecule has 132 valence electrons. The van der Waals surface area contributed by atoms with Crippen LogP contribution in [0.25, 0.3) is 10.8 Å². The van der Waals surface area contributed by atoms with Crippen LogP contribution in [0, 0.1) is 6.92 Å². The molecule has 1 aliphatic heterocycles. The first-order valence-electron chi connectivity index (χ1n) is 8.67. The smallest absolute Gasteiger partial charge is 0.242 e. The van der Waals surface area contributed by atoms with E-state index in [0.717, 1.165) is 15.7 Å². The van der Waals surface area contributed by atoms with Crippen LogP contribution in [0.15, 0.2) is 65.1 Å². The Kier molecular flexibility index (Phi) is 4.76. The molecule has 2 atom stereocenters. The standard InChI is InChI=1S/C21H20BrN3O/c1-13-11-15(22)9-10-18(13)23-21(26)20-12-19(24-25-20)17-8-4-6-14-5-2-3-7-16(14)17/h2-11,19-20,24-25H,12H2,1H3,(H,23,26). The summed E-state index contributed by atoms with van der Waals surface area (Å²) in [5.41, 5.74) is 9.52. The predicted molar refractivity (Wildman–Crippen MR) is 109 cm³/mol. The van der Waals surface area contributed by atoms with Crippen LogP contribution in [0.5, 0.6) is 0 Å². The Morgan fingerprint density at radius 3 is 2.73 bits per heavy atom. The van der Waals surface area contributed by atoms with E-state index in [2.05, 4.69) is 68.5 Å². The summed E-state index contributed by atoms with van der Waals surface area (Å²) in [6, 6.07) is 20.3. The van der Waals surface area contributed by atoms with Gasteiger partial charge in [-0.05, 0) is 53.4 Å². The molecule has 1 fully saturated rings. The van der Waals surface area contributed by atoms with Gasteiger partial charge in [0.1, 0.15) is 6.04 Å². The van der Waals surface area contributed by atoms with Gasteiger partial charge in [0.05, 0.1) is 0 Å². The highest BCUT2D eigenvalue weighted by molar-refractivity contribution is 9.10. The Morgan fingerprint density at radius 2 is 1.88 bits per heavy atom. The number of hydrogen-bond donors (Lipinski definition) is 3. The Bertz CT molecular complexity index is 967. The van der Waals surface area contributed by atoms with E-state index in [-0.39, 0.29) is 18.0 Å². The summed E-state index contributed by atoms with van der Waals surface area (Å²) in [4.78, 5) is 12.7. The molecule has 26 heavy (non-hydrogen) atoms. The van der Waals surface area contributed by atoms with Gasteiger partial charge in [-0.1, -0.05) is 58.4 Å². The van der Waals surface area contributed by atoms with Gasteiger partial charge in [-0.3, -0.25) is 4.79 Å². The van der Waals surface area contributed by atoms with Crippen molar-refractivity contribution in [1.82, 2.24) is 10.9 Å². The Hall–Kier alpha value is -2.21. The summed E-state index contributed by atoms with van der Waals surface area (Å²) in [6.07, 6.45) is 0.704. The van der Waals surface area contributed by atoms with E-state index in [0.29, 0.717) is 6.42 Å². The number of amides is 1. The second kappa shape index (κ2) is 7.19. The summed E-state index contributed by atoms with van der Waals surface area (Å²) in [5, 5.41) is 5.46. The highest BCUT2D eigenvalue weighted by Gasteiger charge is 2.31. The first-order chi connectivity index (χ1) is 12.6. The van der Waals surface area contributed by atoms with Gasteiger partial charge >= 0.3 is 0 Å². The maximum absolute atomic E-state index is 12.7. The van der Waals surface area contributed by atoms with Crippen molar-refractivity contribution in [2.24, 2.45) is 0 Å². The third-order valence-corrected chi connectivity index (χ3v) is 5.36. The van der Waals surface area contributed by atoms with Crippen LogP contribution in [0.1, 0.15) is 23.6 Å². The second-order valence-corrected chi connectivity index (χ2v) is 7.56. The molecule has 3 aromatic rings. The minimum Gasteiger partial charge on any atom is -0.324 e. The van der Waals surface area contributed by atoms with Crippen molar-refractivity contribution >= 4 is 38.3 Å². The van der Waals surface area contributed by atoms with Crippen LogP contribution < -0.4 is 16.2 Å². The number of fused-ring (bicyclic) bond motifs is 1. The largest absolute Gasteiger partial charge is 0.324 e. The van der Waals surface area contributed by atoms with E-state index < -0.39 is 0 Å². The fraction of sp³-hybridized carbons (Fsp3) is 0.190. The average Bonchev–Trinajstić information content (AvgIpc) is 3.13. The molecular weight excluding hydrogens is 390 g/mol. The van der Waals surface area contributed by atoms with Crippen molar-refractivity contribution < 1.29 is 4.79 Å². The Labute approximate surface area is 161 Å². The van der Waals surface area contributed by atoms with Gasteiger partial charge in [0.25, 0.3) is 0 Å². The van der Waals surface area contributed by atoms with Gasteiger partial charge in [0, 0.05) is 16.2 Å². The molecule has 2 unspecified atom stereocenters. The maximum atomic E-state index is 12.7. The fourth-order valence-corrected chi connectivity index (χ4v) is 3.95. The lowest BCUT2D eigenvalue weighted by Crippen LogP contribution is -2.39. The van der Waals surface area contributed by atoms with Crippen molar-refractivity contribution in [3.8, 4) is 0 Å². The lowest BCUT2D eigenvalue weighted by Gasteiger charge is -2.14. The summed E-state index contributed by atoms with van der Waals surface area (Å²) in [6.45, 7) is 1.99. The van der Waals surface area contributed by atoms with Crippen LogP contribution in [-0.4, -0.2) is 11.9 Å². The Balaban J connectivity index is 1.50.